The van der Waals surface area contributed by atoms with E-state index in [4.69, 9.17) is 4.74 Å². The van der Waals surface area contributed by atoms with Crippen LogP contribution in [0.5, 0.6) is 0 Å². The van der Waals surface area contributed by atoms with Crippen LogP contribution in [0.4, 0.5) is 0 Å². The summed E-state index contributed by atoms with van der Waals surface area (Å²) in [4.78, 5) is 28.7. The molecule has 5 rings (SSSR count). The summed E-state index contributed by atoms with van der Waals surface area (Å²) in [5.74, 6) is -1.20. The second-order valence-electron chi connectivity index (χ2n) is 13.6. The van der Waals surface area contributed by atoms with Crippen molar-refractivity contribution in [1.82, 2.24) is 0 Å². The Morgan fingerprint density at radius 1 is 1.07 bits per heavy atom. The van der Waals surface area contributed by atoms with Crippen LogP contribution in [0.15, 0.2) is 58.9 Å². The number of fused-ring (bicyclic) bond motifs is 4. The number of rotatable bonds is 3. The third-order valence-corrected chi connectivity index (χ3v) is 11.3. The molecule has 1 aliphatic heterocycles. The molecule has 2 bridgehead atoms. The van der Waals surface area contributed by atoms with Crippen LogP contribution in [0.2, 0.25) is 0 Å². The highest BCUT2D eigenvalue weighted by Crippen LogP contribution is 2.60. The fourth-order valence-electron chi connectivity index (χ4n) is 9.14. The van der Waals surface area contributed by atoms with Gasteiger partial charge in [0.05, 0.1) is 11.5 Å². The number of esters is 1. The van der Waals surface area contributed by atoms with E-state index < -0.39 is 28.5 Å². The first-order valence-electron chi connectivity index (χ1n) is 15.6. The first-order chi connectivity index (χ1) is 19.0. The molecule has 2 N–H and O–H groups in total. The molecule has 5 heteroatoms. The molecule has 1 heterocycles. The van der Waals surface area contributed by atoms with Crippen LogP contribution in [0, 0.1) is 40.4 Å². The number of Topliss-reactive ketones (excluding diaryl/α,β-unsaturated/α-hetero) is 1. The van der Waals surface area contributed by atoms with Crippen LogP contribution < -0.4 is 0 Å². The Morgan fingerprint density at radius 2 is 1.82 bits per heavy atom. The Hall–Kier alpha value is -2.40. The molecule has 40 heavy (non-hydrogen) atoms. The minimum absolute atomic E-state index is 0.0746. The maximum absolute atomic E-state index is 14.8. The minimum atomic E-state index is -1.39. The normalized spacial score (nSPS) is 47.3. The van der Waals surface area contributed by atoms with Crippen LogP contribution in [-0.2, 0) is 14.3 Å². The zero-order valence-corrected chi connectivity index (χ0v) is 25.2. The summed E-state index contributed by atoms with van der Waals surface area (Å²) in [5.41, 5.74) is -0.868. The van der Waals surface area contributed by atoms with Gasteiger partial charge in [-0.3, -0.25) is 4.79 Å². The van der Waals surface area contributed by atoms with Gasteiger partial charge in [0.15, 0.2) is 5.60 Å². The molecule has 1 spiro atoms. The van der Waals surface area contributed by atoms with E-state index in [1.165, 1.54) is 5.57 Å². The lowest BCUT2D eigenvalue weighted by atomic mass is 9.51. The van der Waals surface area contributed by atoms with E-state index in [1.54, 1.807) is 0 Å². The summed E-state index contributed by atoms with van der Waals surface area (Å²) in [6.07, 6.45) is 18.3. The summed E-state index contributed by atoms with van der Waals surface area (Å²) in [6, 6.07) is 0. The first kappa shape index (κ1) is 29.1. The van der Waals surface area contributed by atoms with Gasteiger partial charge in [0, 0.05) is 17.8 Å². The van der Waals surface area contributed by atoms with Crippen LogP contribution >= 0.6 is 0 Å². The van der Waals surface area contributed by atoms with E-state index in [2.05, 4.69) is 64.2 Å². The number of allylic oxidation sites excluding steroid dienone is 6. The first-order valence-corrected chi connectivity index (χ1v) is 15.6. The zero-order chi connectivity index (χ0) is 29.0. The Kier molecular flexibility index (Phi) is 7.61. The van der Waals surface area contributed by atoms with Crippen molar-refractivity contribution < 1.29 is 24.5 Å². The molecule has 1 saturated carbocycles. The number of aliphatic hydroxyl groups excluding tert-OH is 2. The molecule has 2 fully saturated rings. The van der Waals surface area contributed by atoms with E-state index in [0.29, 0.717) is 19.3 Å². The van der Waals surface area contributed by atoms with Crippen LogP contribution in [0.1, 0.15) is 92.9 Å². The van der Waals surface area contributed by atoms with Crippen molar-refractivity contribution in [3.8, 4) is 0 Å². The molecule has 4 aliphatic carbocycles. The quantitative estimate of drug-likeness (QED) is 0.219. The lowest BCUT2D eigenvalue weighted by Crippen LogP contribution is -2.54. The van der Waals surface area contributed by atoms with Crippen LogP contribution in [-0.4, -0.2) is 33.7 Å². The van der Waals surface area contributed by atoms with Gasteiger partial charge in [0.1, 0.15) is 11.3 Å². The van der Waals surface area contributed by atoms with Crippen LogP contribution in [0.25, 0.3) is 0 Å². The number of hydrogen-bond acceptors (Lipinski definition) is 5. The molecular weight excluding hydrogens is 500 g/mol. The largest absolute Gasteiger partial charge is 0.511 e. The minimum Gasteiger partial charge on any atom is -0.511 e. The number of ether oxygens (including phenoxy) is 1. The Bertz CT molecular complexity index is 1220. The highest BCUT2D eigenvalue weighted by atomic mass is 16.6. The van der Waals surface area contributed by atoms with Gasteiger partial charge in [-0.2, -0.15) is 0 Å². The van der Waals surface area contributed by atoms with E-state index in [0.717, 1.165) is 37.7 Å². The summed E-state index contributed by atoms with van der Waals surface area (Å²) >= 11 is 0. The highest BCUT2D eigenvalue weighted by Gasteiger charge is 2.66. The maximum Gasteiger partial charge on any atom is 0.346 e. The van der Waals surface area contributed by atoms with E-state index in [9.17, 15) is 19.8 Å². The number of ketones is 1. The number of carbonyl (C=O) groups excluding carboxylic acids is 2. The molecule has 0 aromatic carbocycles. The van der Waals surface area contributed by atoms with Gasteiger partial charge in [-0.05, 0) is 83.0 Å². The van der Waals surface area contributed by atoms with Gasteiger partial charge in [0.25, 0.3) is 0 Å². The van der Waals surface area contributed by atoms with Crippen molar-refractivity contribution in [2.45, 2.75) is 105 Å². The number of hydrogen-bond donors (Lipinski definition) is 2. The highest BCUT2D eigenvalue weighted by molar-refractivity contribution is 6.26. The smallest absolute Gasteiger partial charge is 0.346 e. The van der Waals surface area contributed by atoms with Gasteiger partial charge in [-0.25, -0.2) is 4.79 Å². The molecular formula is C35H48O5. The fourth-order valence-corrected chi connectivity index (χ4v) is 9.14. The van der Waals surface area contributed by atoms with Crippen molar-refractivity contribution in [3.05, 3.63) is 58.9 Å². The van der Waals surface area contributed by atoms with Crippen molar-refractivity contribution >= 4 is 11.8 Å². The third kappa shape index (κ3) is 4.13. The molecule has 9 unspecified atom stereocenters. The van der Waals surface area contributed by atoms with Crippen molar-refractivity contribution in [2.24, 2.45) is 40.4 Å². The van der Waals surface area contributed by atoms with E-state index in [-0.39, 0.29) is 46.7 Å². The van der Waals surface area contributed by atoms with Gasteiger partial charge in [0.2, 0.25) is 5.78 Å². The maximum atomic E-state index is 14.8. The zero-order valence-electron chi connectivity index (χ0n) is 25.2. The predicted octanol–water partition coefficient (Wildman–Crippen LogP) is 7.34. The Morgan fingerprint density at radius 3 is 2.52 bits per heavy atom. The molecule has 9 atom stereocenters. The average molecular weight is 549 g/mol. The summed E-state index contributed by atoms with van der Waals surface area (Å²) in [5, 5.41) is 23.6. The summed E-state index contributed by atoms with van der Waals surface area (Å²) < 4.78 is 6.28. The lowest BCUT2D eigenvalue weighted by Gasteiger charge is -2.54. The van der Waals surface area contributed by atoms with E-state index in [1.807, 2.05) is 13.8 Å². The molecule has 0 amide bonds. The Labute approximate surface area is 240 Å². The SMILES string of the molecule is CCCC1CC23OC(=O)/C(=C(\O)C4(CC)C(C=CC5C(O)C(C)CCC54)C/C=C/C/C(C)=C/C2(C)C=C1C)C3=O. The summed E-state index contributed by atoms with van der Waals surface area (Å²) in [6.45, 7) is 12.5. The topological polar surface area (TPSA) is 83.8 Å². The fraction of sp³-hybridized carbons (Fsp3) is 0.657. The molecule has 0 aromatic rings. The van der Waals surface area contributed by atoms with Crippen molar-refractivity contribution in [3.63, 3.8) is 0 Å². The van der Waals surface area contributed by atoms with Gasteiger partial charge < -0.3 is 14.9 Å². The van der Waals surface area contributed by atoms with Crippen LogP contribution in [0.3, 0.4) is 0 Å². The Balaban J connectivity index is 1.76. The summed E-state index contributed by atoms with van der Waals surface area (Å²) in [7, 11) is 0. The van der Waals surface area contributed by atoms with Gasteiger partial charge >= 0.3 is 5.97 Å². The number of aliphatic hydroxyl groups is 2. The second kappa shape index (κ2) is 10.5. The number of carbonyl (C=O) groups is 2. The average Bonchev–Trinajstić information content (AvgIpc) is 3.16. The van der Waals surface area contributed by atoms with Gasteiger partial charge in [-0.15, -0.1) is 0 Å². The molecule has 5 nitrogen and oxygen atoms in total. The molecule has 1 saturated heterocycles. The van der Waals surface area contributed by atoms with Crippen molar-refractivity contribution in [2.75, 3.05) is 0 Å². The predicted molar refractivity (Wildman–Crippen MR) is 157 cm³/mol. The molecule has 5 aliphatic rings. The standard InChI is InChI=1S/C35H48O5/c1-7-11-24-20-35-31(38)28(32(39)40-35)30(37)34(8-2)25(15-16-26-27(34)17-14-22(4)29(26)36)13-10-9-12-21(3)18-33(35,6)19-23(24)5/h9-10,15-16,18-19,22,24-27,29,36-37H,7-8,11-14,17,20H2,1-6H3/b10-9+,21-18+,30-28-. The lowest BCUT2D eigenvalue weighted by molar-refractivity contribution is -0.162. The van der Waals surface area contributed by atoms with E-state index >= 15 is 0 Å². The molecule has 218 valence electrons. The third-order valence-electron chi connectivity index (χ3n) is 11.3. The molecule has 0 aromatic heterocycles. The molecule has 0 radical (unpaired) electrons. The monoisotopic (exact) mass is 548 g/mol. The second-order valence-corrected chi connectivity index (χ2v) is 13.6. The van der Waals surface area contributed by atoms with Crippen molar-refractivity contribution in [1.29, 1.82) is 0 Å². The van der Waals surface area contributed by atoms with Gasteiger partial charge in [-0.1, -0.05) is 74.8 Å².